The third-order valence-corrected chi connectivity index (χ3v) is 7.31. The minimum absolute atomic E-state index is 0.154. The Balaban J connectivity index is 1.52. The summed E-state index contributed by atoms with van der Waals surface area (Å²) in [5.74, 6) is -1.83. The summed E-state index contributed by atoms with van der Waals surface area (Å²) in [4.78, 5) is 38.3. The molecule has 3 aromatic carbocycles. The quantitative estimate of drug-likeness (QED) is 0.355. The molecule has 7 nitrogen and oxygen atoms in total. The van der Waals surface area contributed by atoms with Gasteiger partial charge in [-0.3, -0.25) is 0 Å². The number of hydrogen-bond acceptors (Lipinski definition) is 8. The van der Waals surface area contributed by atoms with Crippen molar-refractivity contribution in [2.45, 2.75) is 43.7 Å². The van der Waals surface area contributed by atoms with E-state index < -0.39 is 40.8 Å². The Kier molecular flexibility index (Phi) is 8.31. The van der Waals surface area contributed by atoms with Crippen LogP contribution in [0.4, 0.5) is 0 Å². The van der Waals surface area contributed by atoms with E-state index in [4.69, 9.17) is 14.2 Å². The van der Waals surface area contributed by atoms with Gasteiger partial charge in [0.2, 0.25) is 0 Å². The number of thioether (sulfide) groups is 1. The second-order valence-electron chi connectivity index (χ2n) is 9.00. The number of aliphatic hydroxyl groups excluding tert-OH is 1. The fourth-order valence-electron chi connectivity index (χ4n) is 3.80. The molecule has 0 aliphatic carbocycles. The molecule has 0 amide bonds. The van der Waals surface area contributed by atoms with Crippen molar-refractivity contribution in [1.29, 1.82) is 0 Å². The van der Waals surface area contributed by atoms with Gasteiger partial charge in [0.1, 0.15) is 12.0 Å². The van der Waals surface area contributed by atoms with Crippen LogP contribution in [-0.4, -0.2) is 52.5 Å². The lowest BCUT2D eigenvalue weighted by molar-refractivity contribution is -0.0557. The minimum atomic E-state index is -1.19. The van der Waals surface area contributed by atoms with E-state index in [-0.39, 0.29) is 6.61 Å². The molecule has 8 heteroatoms. The molecule has 1 fully saturated rings. The summed E-state index contributed by atoms with van der Waals surface area (Å²) in [6.07, 6.45) is -2.20. The molecule has 1 N–H and O–H groups in total. The molecule has 4 rings (SSSR count). The van der Waals surface area contributed by atoms with Crippen LogP contribution < -0.4 is 0 Å². The largest absolute Gasteiger partial charge is 0.461 e. The Morgan fingerprint density at radius 1 is 0.649 bits per heavy atom. The normalized spacial score (nSPS) is 20.8. The number of rotatable bonds is 7. The molecule has 1 aliphatic rings. The van der Waals surface area contributed by atoms with E-state index >= 15 is 0 Å². The number of carbonyl (C=O) groups excluding carboxylic acids is 3. The third-order valence-electron chi connectivity index (χ3n) is 6.01. The smallest absolute Gasteiger partial charge is 0.338 e. The second-order valence-corrected chi connectivity index (χ2v) is 10.4. The van der Waals surface area contributed by atoms with Crippen molar-refractivity contribution in [2.75, 3.05) is 6.61 Å². The SMILES string of the molecule is Cc1ccc(C(=O)OC[C@@H]2SC(O)[C@@H](OC(=O)c3ccc(C)cc3)[C@H]2OC(=O)c2ccc(C)cc2)cc1. The van der Waals surface area contributed by atoms with Gasteiger partial charge >= 0.3 is 17.9 Å². The maximum Gasteiger partial charge on any atom is 0.338 e. The number of aryl methyl sites for hydroxylation is 3. The molecule has 0 aromatic heterocycles. The van der Waals surface area contributed by atoms with Gasteiger partial charge in [0.05, 0.1) is 21.9 Å². The van der Waals surface area contributed by atoms with E-state index in [0.29, 0.717) is 16.7 Å². The first-order chi connectivity index (χ1) is 17.7. The molecule has 3 aromatic rings. The van der Waals surface area contributed by atoms with Crippen molar-refractivity contribution in [3.8, 4) is 0 Å². The highest BCUT2D eigenvalue weighted by Gasteiger charge is 2.49. The molecule has 4 atom stereocenters. The Hall–Kier alpha value is -3.62. The first-order valence-electron chi connectivity index (χ1n) is 11.8. The van der Waals surface area contributed by atoms with Crippen molar-refractivity contribution in [2.24, 2.45) is 0 Å². The number of aliphatic hydroxyl groups is 1. The molecular formula is C29H28O7S. The van der Waals surface area contributed by atoms with Crippen LogP contribution >= 0.6 is 11.8 Å². The molecule has 1 unspecified atom stereocenters. The lowest BCUT2D eigenvalue weighted by atomic mass is 10.1. The fraction of sp³-hybridized carbons (Fsp3) is 0.276. The molecule has 1 saturated heterocycles. The van der Waals surface area contributed by atoms with Gasteiger partial charge < -0.3 is 19.3 Å². The number of hydrogen-bond donors (Lipinski definition) is 1. The highest BCUT2D eigenvalue weighted by atomic mass is 32.2. The summed E-state index contributed by atoms with van der Waals surface area (Å²) >= 11 is 1.02. The molecule has 192 valence electrons. The Morgan fingerprint density at radius 2 is 1.03 bits per heavy atom. The van der Waals surface area contributed by atoms with Crippen LogP contribution in [0.2, 0.25) is 0 Å². The first kappa shape index (κ1) is 26.4. The van der Waals surface area contributed by atoms with Crippen LogP contribution in [0.5, 0.6) is 0 Å². The van der Waals surface area contributed by atoms with Gasteiger partial charge in [-0.1, -0.05) is 53.1 Å². The van der Waals surface area contributed by atoms with Gasteiger partial charge in [-0.05, 0) is 57.2 Å². The summed E-state index contributed by atoms with van der Waals surface area (Å²) in [7, 11) is 0. The van der Waals surface area contributed by atoms with E-state index in [9.17, 15) is 19.5 Å². The average molecular weight is 521 g/mol. The van der Waals surface area contributed by atoms with E-state index in [2.05, 4.69) is 0 Å². The first-order valence-corrected chi connectivity index (χ1v) is 12.8. The Morgan fingerprint density at radius 3 is 1.46 bits per heavy atom. The van der Waals surface area contributed by atoms with Crippen LogP contribution in [0, 0.1) is 20.8 Å². The number of carbonyl (C=O) groups is 3. The molecular weight excluding hydrogens is 492 g/mol. The highest BCUT2D eigenvalue weighted by Crippen LogP contribution is 2.38. The van der Waals surface area contributed by atoms with E-state index in [1.807, 2.05) is 20.8 Å². The Bertz CT molecular complexity index is 1250. The highest BCUT2D eigenvalue weighted by molar-refractivity contribution is 8.00. The maximum atomic E-state index is 12.9. The second kappa shape index (κ2) is 11.6. The number of esters is 3. The molecule has 0 saturated carbocycles. The maximum absolute atomic E-state index is 12.9. The molecule has 0 bridgehead atoms. The van der Waals surface area contributed by atoms with Crippen molar-refractivity contribution in [3.05, 3.63) is 106 Å². The van der Waals surface area contributed by atoms with E-state index in [1.165, 1.54) is 0 Å². The predicted octanol–water partition coefficient (Wildman–Crippen LogP) is 4.65. The van der Waals surface area contributed by atoms with Crippen molar-refractivity contribution in [3.63, 3.8) is 0 Å². The fourth-order valence-corrected chi connectivity index (χ4v) is 5.04. The molecule has 37 heavy (non-hydrogen) atoms. The third kappa shape index (κ3) is 6.58. The molecule has 0 radical (unpaired) electrons. The monoisotopic (exact) mass is 520 g/mol. The van der Waals surface area contributed by atoms with Gasteiger partial charge in [0.25, 0.3) is 0 Å². The van der Waals surface area contributed by atoms with Crippen LogP contribution in [0.15, 0.2) is 72.8 Å². The topological polar surface area (TPSA) is 99.1 Å². The molecule has 0 spiro atoms. The zero-order valence-electron chi connectivity index (χ0n) is 20.7. The van der Waals surface area contributed by atoms with Crippen molar-refractivity contribution in [1.82, 2.24) is 0 Å². The number of benzene rings is 3. The van der Waals surface area contributed by atoms with Crippen LogP contribution in [0.25, 0.3) is 0 Å². The summed E-state index contributed by atoms with van der Waals surface area (Å²) in [5, 5.41) is 10.1. The summed E-state index contributed by atoms with van der Waals surface area (Å²) in [6, 6.07) is 20.6. The summed E-state index contributed by atoms with van der Waals surface area (Å²) in [5.41, 5.74) is 2.78. The van der Waals surface area contributed by atoms with Crippen molar-refractivity contribution < 1.29 is 33.7 Å². The lowest BCUT2D eigenvalue weighted by Crippen LogP contribution is -2.41. The minimum Gasteiger partial charge on any atom is -0.461 e. The van der Waals surface area contributed by atoms with E-state index in [1.54, 1.807) is 72.8 Å². The standard InChI is InChI=1S/C29H28O7S/c1-17-4-10-20(11-5-17)26(30)34-16-23-24(35-27(31)21-12-6-18(2)7-13-21)25(29(33)37-23)36-28(32)22-14-8-19(3)9-15-22/h4-15,23-25,29,33H,16H2,1-3H3/t23-,24-,25-,29?/m0/s1. The lowest BCUT2D eigenvalue weighted by Gasteiger charge is -2.24. The predicted molar refractivity (Wildman–Crippen MR) is 140 cm³/mol. The van der Waals surface area contributed by atoms with Crippen LogP contribution in [0.1, 0.15) is 47.8 Å². The van der Waals surface area contributed by atoms with E-state index in [0.717, 1.165) is 28.5 Å². The van der Waals surface area contributed by atoms with Gasteiger partial charge in [0.15, 0.2) is 12.2 Å². The molecule has 1 heterocycles. The van der Waals surface area contributed by atoms with Gasteiger partial charge in [-0.25, -0.2) is 14.4 Å². The zero-order valence-corrected chi connectivity index (χ0v) is 21.6. The van der Waals surface area contributed by atoms with Gasteiger partial charge in [-0.2, -0.15) is 0 Å². The zero-order chi connectivity index (χ0) is 26.5. The summed E-state index contributed by atoms with van der Waals surface area (Å²) in [6.45, 7) is 5.56. The Labute approximate surface area is 219 Å². The number of ether oxygens (including phenoxy) is 3. The van der Waals surface area contributed by atoms with Crippen LogP contribution in [0.3, 0.4) is 0 Å². The molecule has 1 aliphatic heterocycles. The average Bonchev–Trinajstić information content (AvgIpc) is 3.17. The van der Waals surface area contributed by atoms with Gasteiger partial charge in [0, 0.05) is 0 Å². The van der Waals surface area contributed by atoms with Gasteiger partial charge in [-0.15, -0.1) is 11.8 Å². The van der Waals surface area contributed by atoms with Crippen LogP contribution in [-0.2, 0) is 14.2 Å². The summed E-state index contributed by atoms with van der Waals surface area (Å²) < 4.78 is 16.9. The van der Waals surface area contributed by atoms with Crippen molar-refractivity contribution >= 4 is 29.7 Å².